The summed E-state index contributed by atoms with van der Waals surface area (Å²) >= 11 is 11.9. The number of thiocarbonyl (C=S) groups is 1. The van der Waals surface area contributed by atoms with E-state index in [1.54, 1.807) is 37.4 Å². The van der Waals surface area contributed by atoms with Crippen LogP contribution in [0.4, 0.5) is 15.8 Å². The van der Waals surface area contributed by atoms with Crippen molar-refractivity contribution in [3.63, 3.8) is 0 Å². The smallest absolute Gasteiger partial charge is 0.262 e. The SMILES string of the molecule is COc1cc(C(=S)N2CCN(c3ccc(F)cc3)CC2)ccc1OCC(=O)Nc1ccc(C)c(Cl)c1. The minimum absolute atomic E-state index is 0.184. The molecule has 9 heteroatoms. The third-order valence-electron chi connectivity index (χ3n) is 5.98. The monoisotopic (exact) mass is 527 g/mol. The lowest BCUT2D eigenvalue weighted by Gasteiger charge is -2.37. The molecule has 3 aromatic carbocycles. The molecule has 1 heterocycles. The summed E-state index contributed by atoms with van der Waals surface area (Å²) in [6, 6.07) is 17.3. The van der Waals surface area contributed by atoms with Gasteiger partial charge in [0.15, 0.2) is 18.1 Å². The Bertz CT molecular complexity index is 1250. The van der Waals surface area contributed by atoms with Gasteiger partial charge >= 0.3 is 0 Å². The van der Waals surface area contributed by atoms with Crippen LogP contribution in [0.2, 0.25) is 5.02 Å². The highest BCUT2D eigenvalue weighted by Crippen LogP contribution is 2.29. The number of nitrogens with zero attached hydrogens (tertiary/aromatic N) is 2. The summed E-state index contributed by atoms with van der Waals surface area (Å²) < 4.78 is 24.4. The van der Waals surface area contributed by atoms with Crippen LogP contribution in [0.3, 0.4) is 0 Å². The van der Waals surface area contributed by atoms with Gasteiger partial charge in [0.2, 0.25) is 0 Å². The van der Waals surface area contributed by atoms with Crippen molar-refractivity contribution in [2.75, 3.05) is 50.1 Å². The topological polar surface area (TPSA) is 54.0 Å². The van der Waals surface area contributed by atoms with E-state index < -0.39 is 0 Å². The molecule has 3 aromatic rings. The van der Waals surface area contributed by atoms with E-state index in [-0.39, 0.29) is 18.3 Å². The highest BCUT2D eigenvalue weighted by Gasteiger charge is 2.21. The van der Waals surface area contributed by atoms with Crippen LogP contribution in [-0.2, 0) is 4.79 Å². The van der Waals surface area contributed by atoms with Crippen molar-refractivity contribution in [2.45, 2.75) is 6.92 Å². The van der Waals surface area contributed by atoms with Crippen LogP contribution in [0.15, 0.2) is 60.7 Å². The number of aryl methyl sites for hydroxylation is 1. The van der Waals surface area contributed by atoms with Crippen molar-refractivity contribution < 1.29 is 18.7 Å². The first-order valence-electron chi connectivity index (χ1n) is 11.5. The van der Waals surface area contributed by atoms with E-state index in [1.807, 2.05) is 25.1 Å². The summed E-state index contributed by atoms with van der Waals surface area (Å²) in [5.74, 6) is 0.389. The van der Waals surface area contributed by atoms with E-state index in [4.69, 9.17) is 33.3 Å². The molecule has 0 aliphatic carbocycles. The summed E-state index contributed by atoms with van der Waals surface area (Å²) in [6.07, 6.45) is 0. The van der Waals surface area contributed by atoms with Gasteiger partial charge in [-0.1, -0.05) is 29.9 Å². The van der Waals surface area contributed by atoms with E-state index in [2.05, 4.69) is 15.1 Å². The second kappa shape index (κ2) is 11.6. The maximum absolute atomic E-state index is 13.2. The van der Waals surface area contributed by atoms with Crippen LogP contribution >= 0.6 is 23.8 Å². The molecule has 0 atom stereocenters. The van der Waals surface area contributed by atoms with E-state index in [9.17, 15) is 9.18 Å². The van der Waals surface area contributed by atoms with Gasteiger partial charge in [-0.25, -0.2) is 4.39 Å². The van der Waals surface area contributed by atoms with Crippen LogP contribution in [0.1, 0.15) is 11.1 Å². The molecule has 1 aliphatic rings. The number of benzene rings is 3. The minimum Gasteiger partial charge on any atom is -0.493 e. The van der Waals surface area contributed by atoms with E-state index in [1.165, 1.54) is 12.1 Å². The van der Waals surface area contributed by atoms with Crippen molar-refractivity contribution in [1.82, 2.24) is 4.90 Å². The zero-order valence-electron chi connectivity index (χ0n) is 20.1. The molecule has 1 saturated heterocycles. The van der Waals surface area contributed by atoms with Crippen LogP contribution in [0.5, 0.6) is 11.5 Å². The normalized spacial score (nSPS) is 13.3. The molecule has 0 radical (unpaired) electrons. The van der Waals surface area contributed by atoms with Gasteiger partial charge in [-0.05, 0) is 67.1 Å². The van der Waals surface area contributed by atoms with Gasteiger partial charge in [0.25, 0.3) is 5.91 Å². The largest absolute Gasteiger partial charge is 0.493 e. The number of hydrogen-bond acceptors (Lipinski definition) is 5. The Morgan fingerprint density at radius 1 is 1.03 bits per heavy atom. The molecule has 0 saturated carbocycles. The molecule has 36 heavy (non-hydrogen) atoms. The fourth-order valence-corrected chi connectivity index (χ4v) is 4.42. The second-order valence-corrected chi connectivity index (χ2v) is 9.22. The van der Waals surface area contributed by atoms with Gasteiger partial charge in [-0.3, -0.25) is 4.79 Å². The molecule has 0 bridgehead atoms. The molecule has 0 aromatic heterocycles. The number of carbonyl (C=O) groups is 1. The van der Waals surface area contributed by atoms with Crippen LogP contribution in [-0.4, -0.2) is 55.7 Å². The number of amides is 1. The van der Waals surface area contributed by atoms with Crippen molar-refractivity contribution in [3.8, 4) is 11.5 Å². The number of anilines is 2. The van der Waals surface area contributed by atoms with E-state index in [0.29, 0.717) is 27.2 Å². The molecule has 4 rings (SSSR count). The molecular weight excluding hydrogens is 501 g/mol. The maximum atomic E-state index is 13.2. The average Bonchev–Trinajstić information content (AvgIpc) is 2.89. The van der Waals surface area contributed by atoms with Crippen molar-refractivity contribution in [1.29, 1.82) is 0 Å². The number of methoxy groups -OCH3 is 1. The number of nitrogens with one attached hydrogen (secondary N) is 1. The molecule has 188 valence electrons. The first kappa shape index (κ1) is 25.7. The van der Waals surface area contributed by atoms with Crippen molar-refractivity contribution in [3.05, 3.63) is 82.6 Å². The summed E-state index contributed by atoms with van der Waals surface area (Å²) in [5, 5.41) is 3.35. The van der Waals surface area contributed by atoms with Gasteiger partial charge in [-0.2, -0.15) is 0 Å². The highest BCUT2D eigenvalue weighted by atomic mass is 35.5. The van der Waals surface area contributed by atoms with Crippen molar-refractivity contribution >= 4 is 46.1 Å². The molecular formula is C27H27ClFN3O3S. The maximum Gasteiger partial charge on any atom is 0.262 e. The first-order chi connectivity index (χ1) is 17.3. The Hall–Kier alpha value is -3.36. The van der Waals surface area contributed by atoms with Crippen molar-refractivity contribution in [2.24, 2.45) is 0 Å². The third kappa shape index (κ3) is 6.25. The number of halogens is 2. The predicted molar refractivity (Wildman–Crippen MR) is 145 cm³/mol. The number of carbonyl (C=O) groups excluding carboxylic acids is 1. The van der Waals surface area contributed by atoms with Gasteiger partial charge in [0, 0.05) is 48.1 Å². The fraction of sp³-hybridized carbons (Fsp3) is 0.259. The van der Waals surface area contributed by atoms with E-state index in [0.717, 1.165) is 43.0 Å². The molecule has 6 nitrogen and oxygen atoms in total. The van der Waals surface area contributed by atoms with Crippen LogP contribution < -0.4 is 19.7 Å². The Kier molecular flexibility index (Phi) is 8.28. The standard InChI is InChI=1S/C27H27ClFN3O3S/c1-18-3-7-21(16-23(18)28)30-26(33)17-35-24-10-4-19(15-25(24)34-2)27(36)32-13-11-31(12-14-32)22-8-5-20(29)6-9-22/h3-10,15-16H,11-14,17H2,1-2H3,(H,30,33). The van der Waals surface area contributed by atoms with E-state index >= 15 is 0 Å². The number of piperazine rings is 1. The fourth-order valence-electron chi connectivity index (χ4n) is 3.93. The lowest BCUT2D eigenvalue weighted by atomic mass is 10.1. The second-order valence-electron chi connectivity index (χ2n) is 8.42. The van der Waals surface area contributed by atoms with Gasteiger partial charge in [-0.15, -0.1) is 0 Å². The molecule has 1 aliphatic heterocycles. The van der Waals surface area contributed by atoms with Crippen LogP contribution in [0.25, 0.3) is 0 Å². The highest BCUT2D eigenvalue weighted by molar-refractivity contribution is 7.80. The first-order valence-corrected chi connectivity index (χ1v) is 12.3. The Morgan fingerprint density at radius 3 is 2.42 bits per heavy atom. The minimum atomic E-state index is -0.310. The summed E-state index contributed by atoms with van der Waals surface area (Å²) in [6.45, 7) is 4.78. The lowest BCUT2D eigenvalue weighted by Crippen LogP contribution is -2.48. The number of ether oxygens (including phenoxy) is 2. The number of hydrogen-bond donors (Lipinski definition) is 1. The van der Waals surface area contributed by atoms with Gasteiger partial charge in [0.1, 0.15) is 10.8 Å². The molecule has 1 fully saturated rings. The average molecular weight is 528 g/mol. The Labute approximate surface area is 220 Å². The zero-order valence-corrected chi connectivity index (χ0v) is 21.7. The molecule has 1 amide bonds. The third-order valence-corrected chi connectivity index (χ3v) is 6.88. The molecule has 0 spiro atoms. The summed E-state index contributed by atoms with van der Waals surface area (Å²) in [4.78, 5) is 17.4. The van der Waals surface area contributed by atoms with Gasteiger partial charge < -0.3 is 24.6 Å². The Balaban J connectivity index is 1.33. The Morgan fingerprint density at radius 2 is 1.75 bits per heavy atom. The predicted octanol–water partition coefficient (Wildman–Crippen LogP) is 5.31. The van der Waals surface area contributed by atoms with Gasteiger partial charge in [0.05, 0.1) is 7.11 Å². The summed E-state index contributed by atoms with van der Waals surface area (Å²) in [7, 11) is 1.55. The zero-order chi connectivity index (χ0) is 25.7. The molecule has 0 unspecified atom stereocenters. The summed E-state index contributed by atoms with van der Waals surface area (Å²) in [5.41, 5.74) is 3.37. The van der Waals surface area contributed by atoms with Crippen LogP contribution in [0, 0.1) is 12.7 Å². The number of rotatable bonds is 7. The lowest BCUT2D eigenvalue weighted by molar-refractivity contribution is -0.118. The quantitative estimate of drug-likeness (QED) is 0.420. The molecule has 1 N–H and O–H groups in total.